The Bertz CT molecular complexity index is 1480. The number of benzene rings is 2. The number of nitrogens with zero attached hydrogens (tertiary/aromatic N) is 2. The molecule has 0 aliphatic heterocycles. The fourth-order valence-electron chi connectivity index (χ4n) is 4.46. The summed E-state index contributed by atoms with van der Waals surface area (Å²) in [5.74, 6) is -0.137. The Kier molecular flexibility index (Phi) is 5.65. The first kappa shape index (κ1) is 22.5. The van der Waals surface area contributed by atoms with Gasteiger partial charge in [-0.15, -0.1) is 0 Å². The van der Waals surface area contributed by atoms with Gasteiger partial charge in [-0.25, -0.2) is 8.42 Å². The van der Waals surface area contributed by atoms with Crippen LogP contribution in [0, 0.1) is 5.92 Å². The van der Waals surface area contributed by atoms with E-state index in [1.165, 1.54) is 25.0 Å². The molecule has 0 spiro atoms. The van der Waals surface area contributed by atoms with Gasteiger partial charge >= 0.3 is 5.97 Å². The zero-order valence-corrected chi connectivity index (χ0v) is 19.6. The largest absolute Gasteiger partial charge is 0.480 e. The molecular weight excluding hydrogens is 458 g/mol. The van der Waals surface area contributed by atoms with Crippen LogP contribution in [0.3, 0.4) is 0 Å². The standard InChI is InChI=1S/C24H25N3O6S/c1-13(2)21(24(28)29)27-34(30,31)16-8-9-17-18-11-15(7-10-19(18)32-20(17)12-16)22-25-23(33-26-22)14-5-3-4-6-14/h7-14,21,27H,3-6H2,1-2H3,(H,28,29)/t21-/m0/s1. The van der Waals surface area contributed by atoms with Crippen molar-refractivity contribution in [2.24, 2.45) is 5.92 Å². The minimum atomic E-state index is -4.06. The second kappa shape index (κ2) is 8.52. The van der Waals surface area contributed by atoms with E-state index >= 15 is 0 Å². The molecule has 0 radical (unpaired) electrons. The molecule has 2 aromatic carbocycles. The van der Waals surface area contributed by atoms with Crippen molar-refractivity contribution in [2.45, 2.75) is 56.4 Å². The van der Waals surface area contributed by atoms with Crippen LogP contribution < -0.4 is 4.72 Å². The summed E-state index contributed by atoms with van der Waals surface area (Å²) in [5, 5.41) is 15.0. The number of hydrogen-bond donors (Lipinski definition) is 2. The first-order valence-electron chi connectivity index (χ1n) is 11.3. The summed E-state index contributed by atoms with van der Waals surface area (Å²) in [6.07, 6.45) is 4.49. The van der Waals surface area contributed by atoms with Gasteiger partial charge in [-0.3, -0.25) is 4.79 Å². The van der Waals surface area contributed by atoms with Crippen molar-refractivity contribution in [1.29, 1.82) is 0 Å². The van der Waals surface area contributed by atoms with Gasteiger partial charge in [0.15, 0.2) is 0 Å². The van der Waals surface area contributed by atoms with Crippen molar-refractivity contribution in [3.8, 4) is 11.4 Å². The fourth-order valence-corrected chi connectivity index (χ4v) is 5.81. The lowest BCUT2D eigenvalue weighted by atomic mass is 10.1. The number of hydrogen-bond acceptors (Lipinski definition) is 7. The van der Waals surface area contributed by atoms with Crippen molar-refractivity contribution in [2.75, 3.05) is 0 Å². The molecule has 9 nitrogen and oxygen atoms in total. The van der Waals surface area contributed by atoms with Gasteiger partial charge in [-0.2, -0.15) is 9.71 Å². The normalized spacial score (nSPS) is 16.1. The van der Waals surface area contributed by atoms with E-state index in [0.717, 1.165) is 29.2 Å². The number of aromatic nitrogens is 2. The van der Waals surface area contributed by atoms with Crippen LogP contribution in [0.25, 0.3) is 33.3 Å². The summed E-state index contributed by atoms with van der Waals surface area (Å²) in [6, 6.07) is 8.81. The zero-order chi connectivity index (χ0) is 24.0. The van der Waals surface area contributed by atoms with E-state index < -0.39 is 28.0 Å². The number of furan rings is 1. The maximum absolute atomic E-state index is 12.8. The van der Waals surface area contributed by atoms with Gasteiger partial charge in [0, 0.05) is 28.3 Å². The predicted octanol–water partition coefficient (Wildman–Crippen LogP) is 4.68. The third-order valence-corrected chi connectivity index (χ3v) is 7.81. The Morgan fingerprint density at radius 1 is 1.09 bits per heavy atom. The van der Waals surface area contributed by atoms with Crippen molar-refractivity contribution in [3.63, 3.8) is 0 Å². The smallest absolute Gasteiger partial charge is 0.322 e. The number of sulfonamides is 1. The molecule has 2 heterocycles. The molecule has 4 aromatic rings. The van der Waals surface area contributed by atoms with E-state index in [1.54, 1.807) is 26.0 Å². The average Bonchev–Trinajstić information content (AvgIpc) is 3.55. The number of nitrogens with one attached hydrogen (secondary N) is 1. The Morgan fingerprint density at radius 2 is 1.85 bits per heavy atom. The molecule has 1 saturated carbocycles. The van der Waals surface area contributed by atoms with Gasteiger partial charge in [0.25, 0.3) is 0 Å². The highest BCUT2D eigenvalue weighted by molar-refractivity contribution is 7.89. The van der Waals surface area contributed by atoms with E-state index in [4.69, 9.17) is 8.94 Å². The Morgan fingerprint density at radius 3 is 2.56 bits per heavy atom. The average molecular weight is 484 g/mol. The number of rotatable bonds is 7. The van der Waals surface area contributed by atoms with Crippen molar-refractivity contribution >= 4 is 37.9 Å². The number of aliphatic carboxylic acids is 1. The molecule has 1 aliphatic rings. The van der Waals surface area contributed by atoms with E-state index in [9.17, 15) is 18.3 Å². The molecule has 1 atom stereocenters. The Hall–Kier alpha value is -3.24. The molecule has 0 bridgehead atoms. The molecule has 0 saturated heterocycles. The highest BCUT2D eigenvalue weighted by Crippen LogP contribution is 2.36. The van der Waals surface area contributed by atoms with E-state index in [2.05, 4.69) is 14.9 Å². The lowest BCUT2D eigenvalue weighted by molar-refractivity contribution is -0.140. The lowest BCUT2D eigenvalue weighted by Crippen LogP contribution is -2.44. The van der Waals surface area contributed by atoms with Gasteiger partial charge in [-0.1, -0.05) is 31.8 Å². The third kappa shape index (κ3) is 4.07. The lowest BCUT2D eigenvalue weighted by Gasteiger charge is -2.17. The molecule has 2 aromatic heterocycles. The van der Waals surface area contributed by atoms with Gasteiger partial charge < -0.3 is 14.0 Å². The number of carbonyl (C=O) groups is 1. The third-order valence-electron chi connectivity index (χ3n) is 6.37. The summed E-state index contributed by atoms with van der Waals surface area (Å²) in [7, 11) is -4.06. The van der Waals surface area contributed by atoms with Gasteiger partial charge in [0.1, 0.15) is 17.2 Å². The second-order valence-corrected chi connectivity index (χ2v) is 10.8. The minimum absolute atomic E-state index is 0.0643. The maximum Gasteiger partial charge on any atom is 0.322 e. The van der Waals surface area contributed by atoms with Crippen molar-refractivity contribution in [1.82, 2.24) is 14.9 Å². The maximum atomic E-state index is 12.8. The molecule has 10 heteroatoms. The van der Waals surface area contributed by atoms with Gasteiger partial charge in [-0.05, 0) is 49.1 Å². The highest BCUT2D eigenvalue weighted by atomic mass is 32.2. The molecule has 0 amide bonds. The minimum Gasteiger partial charge on any atom is -0.480 e. The van der Waals surface area contributed by atoms with Crippen LogP contribution in [0.4, 0.5) is 0 Å². The summed E-state index contributed by atoms with van der Waals surface area (Å²) in [4.78, 5) is 16.0. The van der Waals surface area contributed by atoms with Crippen molar-refractivity contribution < 1.29 is 27.3 Å². The molecule has 5 rings (SSSR count). The van der Waals surface area contributed by atoms with Gasteiger partial charge in [0.2, 0.25) is 21.7 Å². The molecule has 34 heavy (non-hydrogen) atoms. The molecule has 1 fully saturated rings. The predicted molar refractivity (Wildman–Crippen MR) is 125 cm³/mol. The van der Waals surface area contributed by atoms with Crippen LogP contribution >= 0.6 is 0 Å². The topological polar surface area (TPSA) is 136 Å². The van der Waals surface area contributed by atoms with Crippen LogP contribution in [-0.2, 0) is 14.8 Å². The second-order valence-electron chi connectivity index (χ2n) is 9.09. The monoisotopic (exact) mass is 483 g/mol. The van der Waals surface area contributed by atoms with E-state index in [0.29, 0.717) is 28.8 Å². The molecule has 178 valence electrons. The molecule has 0 unspecified atom stereocenters. The molecular formula is C24H25N3O6S. The summed E-state index contributed by atoms with van der Waals surface area (Å²) < 4.78 is 39.3. The first-order valence-corrected chi connectivity index (χ1v) is 12.8. The zero-order valence-electron chi connectivity index (χ0n) is 18.8. The fraction of sp³-hybridized carbons (Fsp3) is 0.375. The van der Waals surface area contributed by atoms with Crippen LogP contribution in [0.5, 0.6) is 0 Å². The Labute approximate surface area is 196 Å². The van der Waals surface area contributed by atoms with E-state index in [-0.39, 0.29) is 4.90 Å². The van der Waals surface area contributed by atoms with Crippen molar-refractivity contribution in [3.05, 3.63) is 42.3 Å². The van der Waals surface area contributed by atoms with Crippen LogP contribution in [0.1, 0.15) is 51.3 Å². The number of fused-ring (bicyclic) bond motifs is 3. The first-order chi connectivity index (χ1) is 16.2. The number of carboxylic acids is 1. The van der Waals surface area contributed by atoms with E-state index in [1.807, 2.05) is 12.1 Å². The summed E-state index contributed by atoms with van der Waals surface area (Å²) >= 11 is 0. The highest BCUT2D eigenvalue weighted by Gasteiger charge is 2.28. The summed E-state index contributed by atoms with van der Waals surface area (Å²) in [6.45, 7) is 3.28. The number of carboxylic acid groups (broad SMARTS) is 1. The summed E-state index contributed by atoms with van der Waals surface area (Å²) in [5.41, 5.74) is 1.75. The SMILES string of the molecule is CC(C)[C@H](NS(=O)(=O)c1ccc2c(c1)oc1ccc(-c3noc(C4CCCC4)n3)cc12)C(=O)O. The van der Waals surface area contributed by atoms with Crippen LogP contribution in [-0.4, -0.2) is 35.7 Å². The molecule has 2 N–H and O–H groups in total. The van der Waals surface area contributed by atoms with Crippen LogP contribution in [0.15, 0.2) is 50.2 Å². The van der Waals surface area contributed by atoms with Crippen LogP contribution in [0.2, 0.25) is 0 Å². The Balaban J connectivity index is 1.48. The molecule has 1 aliphatic carbocycles. The van der Waals surface area contributed by atoms with Gasteiger partial charge in [0.05, 0.1) is 4.90 Å². The quantitative estimate of drug-likeness (QED) is 0.387.